The average molecular weight is 259 g/mol. The van der Waals surface area contributed by atoms with Crippen LogP contribution in [0.1, 0.15) is 18.9 Å². The van der Waals surface area contributed by atoms with Crippen molar-refractivity contribution in [1.82, 2.24) is 0 Å². The Labute approximate surface area is 92.7 Å². The summed E-state index contributed by atoms with van der Waals surface area (Å²) in [4.78, 5) is 0. The highest BCUT2D eigenvalue weighted by atomic mass is 79.9. The Balaban J connectivity index is 2.50. The maximum absolute atomic E-state index is 9.41. The normalized spacial score (nSPS) is 15.1. The summed E-state index contributed by atoms with van der Waals surface area (Å²) in [7, 11) is 0. The molecule has 1 aromatic rings. The van der Waals surface area contributed by atoms with Crippen molar-refractivity contribution in [3.8, 4) is 0 Å². The van der Waals surface area contributed by atoms with Crippen molar-refractivity contribution < 1.29 is 10.2 Å². The number of rotatable bonds is 4. The van der Waals surface area contributed by atoms with Crippen molar-refractivity contribution in [1.29, 1.82) is 0 Å². The summed E-state index contributed by atoms with van der Waals surface area (Å²) in [5, 5.41) is 18.5. The van der Waals surface area contributed by atoms with Crippen molar-refractivity contribution in [3.63, 3.8) is 0 Å². The largest absolute Gasteiger partial charge is 0.391 e. The van der Waals surface area contributed by atoms with Gasteiger partial charge in [0.1, 0.15) is 0 Å². The van der Waals surface area contributed by atoms with Crippen LogP contribution in [0, 0.1) is 0 Å². The third kappa shape index (κ3) is 3.40. The summed E-state index contributed by atoms with van der Waals surface area (Å²) >= 11 is 3.44. The van der Waals surface area contributed by atoms with Crippen molar-refractivity contribution in [2.24, 2.45) is 0 Å². The van der Waals surface area contributed by atoms with Crippen LogP contribution < -0.4 is 0 Å². The van der Waals surface area contributed by atoms with Crippen molar-refractivity contribution in [2.75, 3.05) is 0 Å². The van der Waals surface area contributed by atoms with Gasteiger partial charge in [0.2, 0.25) is 0 Å². The number of hydrogen-bond donors (Lipinski definition) is 2. The van der Waals surface area contributed by atoms with E-state index in [1.807, 2.05) is 24.3 Å². The first-order valence-corrected chi connectivity index (χ1v) is 5.50. The standard InChI is InChI=1S/C11H15BrO2/c1-8(13)11(14)7-6-9-4-2-3-5-10(9)12/h2-5,8,11,13-14H,6-7H2,1H3. The maximum Gasteiger partial charge on any atom is 0.0799 e. The molecule has 0 aliphatic carbocycles. The first kappa shape index (κ1) is 11.7. The van der Waals surface area contributed by atoms with Crippen LogP contribution in [0.2, 0.25) is 0 Å². The lowest BCUT2D eigenvalue weighted by Crippen LogP contribution is -2.22. The lowest BCUT2D eigenvalue weighted by molar-refractivity contribution is 0.0265. The van der Waals surface area contributed by atoms with E-state index in [1.54, 1.807) is 6.92 Å². The van der Waals surface area contributed by atoms with Gasteiger partial charge >= 0.3 is 0 Å². The highest BCUT2D eigenvalue weighted by molar-refractivity contribution is 9.10. The Morgan fingerprint density at radius 2 is 1.93 bits per heavy atom. The minimum absolute atomic E-state index is 0.584. The van der Waals surface area contributed by atoms with Crippen LogP contribution in [-0.2, 0) is 6.42 Å². The SMILES string of the molecule is CC(O)C(O)CCc1ccccc1Br. The monoisotopic (exact) mass is 258 g/mol. The van der Waals surface area contributed by atoms with Gasteiger partial charge in [0.25, 0.3) is 0 Å². The van der Waals surface area contributed by atoms with Crippen molar-refractivity contribution >= 4 is 15.9 Å². The van der Waals surface area contributed by atoms with E-state index in [9.17, 15) is 5.11 Å². The maximum atomic E-state index is 9.41. The molecule has 0 fully saturated rings. The van der Waals surface area contributed by atoms with Crippen molar-refractivity contribution in [3.05, 3.63) is 34.3 Å². The summed E-state index contributed by atoms with van der Waals surface area (Å²) in [6.45, 7) is 1.60. The third-order valence-corrected chi connectivity index (χ3v) is 3.00. The Kier molecular flexibility index (Phi) is 4.58. The number of aliphatic hydroxyl groups is 2. The fourth-order valence-corrected chi connectivity index (χ4v) is 1.73. The van der Waals surface area contributed by atoms with Gasteiger partial charge in [-0.05, 0) is 31.4 Å². The molecule has 0 aliphatic heterocycles. The van der Waals surface area contributed by atoms with Gasteiger partial charge in [0, 0.05) is 4.47 Å². The molecule has 0 heterocycles. The summed E-state index contributed by atoms with van der Waals surface area (Å²) < 4.78 is 1.05. The molecule has 2 N–H and O–H groups in total. The quantitative estimate of drug-likeness (QED) is 0.869. The lowest BCUT2D eigenvalue weighted by Gasteiger charge is -2.13. The average Bonchev–Trinajstić information content (AvgIpc) is 2.16. The van der Waals surface area contributed by atoms with Gasteiger partial charge < -0.3 is 10.2 Å². The zero-order chi connectivity index (χ0) is 10.6. The van der Waals surface area contributed by atoms with E-state index in [0.717, 1.165) is 16.5 Å². The van der Waals surface area contributed by atoms with Crippen LogP contribution in [0.3, 0.4) is 0 Å². The topological polar surface area (TPSA) is 40.5 Å². The fraction of sp³-hybridized carbons (Fsp3) is 0.455. The molecule has 0 aliphatic rings. The molecule has 0 bridgehead atoms. The van der Waals surface area contributed by atoms with Crippen LogP contribution >= 0.6 is 15.9 Å². The summed E-state index contributed by atoms with van der Waals surface area (Å²) in [6, 6.07) is 7.91. The van der Waals surface area contributed by atoms with Gasteiger partial charge in [0.15, 0.2) is 0 Å². The minimum atomic E-state index is -0.655. The van der Waals surface area contributed by atoms with E-state index in [-0.39, 0.29) is 0 Å². The first-order chi connectivity index (χ1) is 6.61. The molecule has 78 valence electrons. The number of hydrogen-bond acceptors (Lipinski definition) is 2. The van der Waals surface area contributed by atoms with Crippen LogP contribution in [0.15, 0.2) is 28.7 Å². The van der Waals surface area contributed by atoms with Crippen LogP contribution in [0.5, 0.6) is 0 Å². The minimum Gasteiger partial charge on any atom is -0.391 e. The molecule has 0 radical (unpaired) electrons. The van der Waals surface area contributed by atoms with E-state index in [2.05, 4.69) is 15.9 Å². The summed E-state index contributed by atoms with van der Waals surface area (Å²) in [5.74, 6) is 0. The highest BCUT2D eigenvalue weighted by Gasteiger charge is 2.11. The van der Waals surface area contributed by atoms with Gasteiger partial charge in [-0.15, -0.1) is 0 Å². The Hall–Kier alpha value is -0.380. The molecule has 14 heavy (non-hydrogen) atoms. The van der Waals surface area contributed by atoms with E-state index >= 15 is 0 Å². The Bertz CT molecular complexity index is 286. The molecule has 0 aromatic heterocycles. The van der Waals surface area contributed by atoms with Crippen LogP contribution in [0.4, 0.5) is 0 Å². The number of halogens is 1. The van der Waals surface area contributed by atoms with Crippen molar-refractivity contribution in [2.45, 2.75) is 32.0 Å². The molecule has 3 heteroatoms. The molecule has 0 saturated carbocycles. The summed E-state index contributed by atoms with van der Waals surface area (Å²) in [5.41, 5.74) is 1.16. The van der Waals surface area contributed by atoms with Gasteiger partial charge in [-0.2, -0.15) is 0 Å². The van der Waals surface area contributed by atoms with Crippen LogP contribution in [0.25, 0.3) is 0 Å². The van der Waals surface area contributed by atoms with E-state index < -0.39 is 12.2 Å². The molecule has 0 saturated heterocycles. The van der Waals surface area contributed by atoms with E-state index in [1.165, 1.54) is 0 Å². The second-order valence-corrected chi connectivity index (χ2v) is 4.29. The molecule has 2 atom stereocenters. The zero-order valence-electron chi connectivity index (χ0n) is 8.15. The molecule has 0 spiro atoms. The van der Waals surface area contributed by atoms with Crippen LogP contribution in [-0.4, -0.2) is 22.4 Å². The Morgan fingerprint density at radius 1 is 1.29 bits per heavy atom. The molecule has 1 aromatic carbocycles. The Morgan fingerprint density at radius 3 is 2.50 bits per heavy atom. The second-order valence-electron chi connectivity index (χ2n) is 3.44. The smallest absolute Gasteiger partial charge is 0.0799 e. The van der Waals surface area contributed by atoms with E-state index in [0.29, 0.717) is 6.42 Å². The van der Waals surface area contributed by atoms with Gasteiger partial charge in [-0.25, -0.2) is 0 Å². The molecule has 2 nitrogen and oxygen atoms in total. The number of aryl methyl sites for hydroxylation is 1. The second kappa shape index (κ2) is 5.49. The van der Waals surface area contributed by atoms with Gasteiger partial charge in [0.05, 0.1) is 12.2 Å². The number of aliphatic hydroxyl groups excluding tert-OH is 2. The zero-order valence-corrected chi connectivity index (χ0v) is 9.74. The highest BCUT2D eigenvalue weighted by Crippen LogP contribution is 2.18. The summed E-state index contributed by atoms with van der Waals surface area (Å²) in [6.07, 6.45) is 0.0629. The molecule has 0 amide bonds. The molecule has 2 unspecified atom stereocenters. The fourth-order valence-electron chi connectivity index (χ4n) is 1.25. The predicted octanol–water partition coefficient (Wildman–Crippen LogP) is 2.12. The predicted molar refractivity (Wildman–Crippen MR) is 60.2 cm³/mol. The molecule has 1 rings (SSSR count). The molecular weight excluding hydrogens is 244 g/mol. The number of benzene rings is 1. The molecular formula is C11H15BrO2. The van der Waals surface area contributed by atoms with E-state index in [4.69, 9.17) is 5.11 Å². The van der Waals surface area contributed by atoms with Gasteiger partial charge in [-0.3, -0.25) is 0 Å². The third-order valence-electron chi connectivity index (χ3n) is 2.22. The lowest BCUT2D eigenvalue weighted by atomic mass is 10.0. The first-order valence-electron chi connectivity index (χ1n) is 4.71. The van der Waals surface area contributed by atoms with Gasteiger partial charge in [-0.1, -0.05) is 34.1 Å².